The van der Waals surface area contributed by atoms with E-state index >= 15 is 0 Å². The van der Waals surface area contributed by atoms with Gasteiger partial charge >= 0.3 is 0 Å². The second-order valence-electron chi connectivity index (χ2n) is 9.75. The number of halogens is 1. The number of anilines is 2. The number of piperazine rings is 1. The highest BCUT2D eigenvalue weighted by Crippen LogP contribution is 2.27. The van der Waals surface area contributed by atoms with Gasteiger partial charge in [-0.15, -0.1) is 0 Å². The molecule has 0 radical (unpaired) electrons. The third-order valence-corrected chi connectivity index (χ3v) is 9.35. The third-order valence-electron chi connectivity index (χ3n) is 7.42. The molecule has 0 unspecified atom stereocenters. The number of aromatic nitrogens is 1. The number of hydrogen-bond acceptors (Lipinski definition) is 5. The standard InChI is InChI=1S/C30H31FN4O4S/c1-3-22-10-4-8-14-26(22)32(2)29(36)21-34-20-28(23-11-5-6-12-24(23)30(34)37)40(38,39)35-18-16-33(17-19-35)27-15-9-7-13-25(27)31/h4-15,20H,3,16-19,21H2,1-2H3. The summed E-state index contributed by atoms with van der Waals surface area (Å²) in [6, 6.07) is 20.5. The van der Waals surface area contributed by atoms with Gasteiger partial charge in [0, 0.05) is 55.9 Å². The van der Waals surface area contributed by atoms with Gasteiger partial charge in [-0.3, -0.25) is 9.59 Å². The number of sulfonamides is 1. The van der Waals surface area contributed by atoms with Gasteiger partial charge in [-0.2, -0.15) is 4.31 Å². The molecule has 1 aromatic heterocycles. The second kappa shape index (κ2) is 11.2. The number of benzene rings is 3. The fourth-order valence-corrected chi connectivity index (χ4v) is 6.81. The minimum Gasteiger partial charge on any atom is -0.367 e. The Morgan fingerprint density at radius 3 is 2.23 bits per heavy atom. The molecule has 4 aromatic rings. The first kappa shape index (κ1) is 27.5. The van der Waals surface area contributed by atoms with Crippen LogP contribution in [0.2, 0.25) is 0 Å². The van der Waals surface area contributed by atoms with Crippen molar-refractivity contribution in [2.45, 2.75) is 24.8 Å². The van der Waals surface area contributed by atoms with E-state index in [-0.39, 0.29) is 41.6 Å². The molecule has 1 saturated heterocycles. The van der Waals surface area contributed by atoms with Crippen LogP contribution in [0, 0.1) is 5.82 Å². The first-order valence-corrected chi connectivity index (χ1v) is 14.6. The predicted molar refractivity (Wildman–Crippen MR) is 155 cm³/mol. The molecular weight excluding hydrogens is 531 g/mol. The molecule has 5 rings (SSSR count). The Labute approximate surface area is 232 Å². The lowest BCUT2D eigenvalue weighted by Gasteiger charge is -2.35. The van der Waals surface area contributed by atoms with Crippen molar-refractivity contribution >= 4 is 38.1 Å². The predicted octanol–water partition coefficient (Wildman–Crippen LogP) is 3.88. The molecule has 0 spiro atoms. The number of amides is 1. The lowest BCUT2D eigenvalue weighted by atomic mass is 10.1. The number of carbonyl (C=O) groups is 1. The molecule has 3 aromatic carbocycles. The zero-order valence-corrected chi connectivity index (χ0v) is 23.3. The number of likely N-dealkylation sites (N-methyl/N-ethyl adjacent to an activating group) is 1. The average Bonchev–Trinajstić information content (AvgIpc) is 2.98. The molecule has 40 heavy (non-hydrogen) atoms. The van der Waals surface area contributed by atoms with Crippen molar-refractivity contribution in [3.05, 3.63) is 101 Å². The van der Waals surface area contributed by atoms with Gasteiger partial charge < -0.3 is 14.4 Å². The van der Waals surface area contributed by atoms with Crippen LogP contribution in [0.4, 0.5) is 15.8 Å². The molecular formula is C30H31FN4O4S. The van der Waals surface area contributed by atoms with E-state index in [1.807, 2.05) is 36.1 Å². The lowest BCUT2D eigenvalue weighted by Crippen LogP contribution is -2.49. The molecule has 0 saturated carbocycles. The van der Waals surface area contributed by atoms with Gasteiger partial charge in [-0.05, 0) is 36.2 Å². The van der Waals surface area contributed by atoms with E-state index in [1.165, 1.54) is 26.0 Å². The van der Waals surface area contributed by atoms with Crippen molar-refractivity contribution in [1.82, 2.24) is 8.87 Å². The molecule has 0 bridgehead atoms. The third kappa shape index (κ3) is 5.12. The van der Waals surface area contributed by atoms with Gasteiger partial charge in [-0.1, -0.05) is 55.5 Å². The molecule has 8 nitrogen and oxygen atoms in total. The minimum atomic E-state index is -4.03. The first-order chi connectivity index (χ1) is 19.2. The van der Waals surface area contributed by atoms with E-state index in [9.17, 15) is 22.4 Å². The van der Waals surface area contributed by atoms with Crippen molar-refractivity contribution in [2.24, 2.45) is 0 Å². The van der Waals surface area contributed by atoms with Crippen LogP contribution in [0.5, 0.6) is 0 Å². The van der Waals surface area contributed by atoms with Crippen LogP contribution in [0.3, 0.4) is 0 Å². The van der Waals surface area contributed by atoms with Crippen molar-refractivity contribution < 1.29 is 17.6 Å². The van der Waals surface area contributed by atoms with Gasteiger partial charge in [0.1, 0.15) is 17.3 Å². The normalized spacial score (nSPS) is 14.4. The summed E-state index contributed by atoms with van der Waals surface area (Å²) in [6.07, 6.45) is 2.01. The smallest absolute Gasteiger partial charge is 0.258 e. The maximum absolute atomic E-state index is 14.3. The molecule has 1 amide bonds. The second-order valence-corrected chi connectivity index (χ2v) is 11.7. The van der Waals surface area contributed by atoms with Crippen LogP contribution in [0.1, 0.15) is 12.5 Å². The highest BCUT2D eigenvalue weighted by Gasteiger charge is 2.32. The fraction of sp³-hybridized carbons (Fsp3) is 0.267. The summed E-state index contributed by atoms with van der Waals surface area (Å²) in [7, 11) is -2.39. The molecule has 10 heteroatoms. The maximum atomic E-state index is 14.3. The number of carbonyl (C=O) groups excluding carboxylic acids is 1. The van der Waals surface area contributed by atoms with Crippen molar-refractivity contribution in [3.8, 4) is 0 Å². The number of rotatable bonds is 7. The van der Waals surface area contributed by atoms with Gasteiger partial charge in [0.2, 0.25) is 15.9 Å². The minimum absolute atomic E-state index is 0.0357. The van der Waals surface area contributed by atoms with Gasteiger partial charge in [-0.25, -0.2) is 12.8 Å². The Bertz CT molecular complexity index is 1730. The van der Waals surface area contributed by atoms with Gasteiger partial charge in [0.25, 0.3) is 5.56 Å². The Morgan fingerprint density at radius 2 is 1.52 bits per heavy atom. The van der Waals surface area contributed by atoms with E-state index in [2.05, 4.69) is 0 Å². The van der Waals surface area contributed by atoms with Crippen LogP contribution in [0.15, 0.2) is 88.7 Å². The largest absolute Gasteiger partial charge is 0.367 e. The van der Waals surface area contributed by atoms with Crippen molar-refractivity contribution in [3.63, 3.8) is 0 Å². The molecule has 1 fully saturated rings. The van der Waals surface area contributed by atoms with E-state index < -0.39 is 15.6 Å². The van der Waals surface area contributed by atoms with Gasteiger partial charge in [0.15, 0.2) is 0 Å². The number of pyridine rings is 1. The monoisotopic (exact) mass is 562 g/mol. The molecule has 1 aliphatic heterocycles. The first-order valence-electron chi connectivity index (χ1n) is 13.2. The van der Waals surface area contributed by atoms with Crippen LogP contribution in [-0.2, 0) is 27.8 Å². The van der Waals surface area contributed by atoms with E-state index in [0.717, 1.165) is 17.7 Å². The topological polar surface area (TPSA) is 82.9 Å². The SMILES string of the molecule is CCc1ccccc1N(C)C(=O)Cn1cc(S(=O)(=O)N2CCN(c3ccccc3F)CC2)c2ccccc2c1=O. The average molecular weight is 563 g/mol. The number of hydrogen-bond donors (Lipinski definition) is 0. The van der Waals surface area contributed by atoms with E-state index in [1.54, 1.807) is 49.5 Å². The van der Waals surface area contributed by atoms with Crippen LogP contribution >= 0.6 is 0 Å². The summed E-state index contributed by atoms with van der Waals surface area (Å²) in [5.41, 5.74) is 1.72. The summed E-state index contributed by atoms with van der Waals surface area (Å²) in [4.78, 5) is 30.0. The lowest BCUT2D eigenvalue weighted by molar-refractivity contribution is -0.118. The van der Waals surface area contributed by atoms with E-state index in [4.69, 9.17) is 0 Å². The fourth-order valence-electron chi connectivity index (χ4n) is 5.17. The summed E-state index contributed by atoms with van der Waals surface area (Å²) >= 11 is 0. The van der Waals surface area contributed by atoms with Crippen molar-refractivity contribution in [1.29, 1.82) is 0 Å². The molecule has 0 N–H and O–H groups in total. The zero-order valence-electron chi connectivity index (χ0n) is 22.5. The number of para-hydroxylation sites is 2. The summed E-state index contributed by atoms with van der Waals surface area (Å²) in [5, 5.41) is 0.524. The maximum Gasteiger partial charge on any atom is 0.258 e. The Balaban J connectivity index is 1.46. The summed E-state index contributed by atoms with van der Waals surface area (Å²) < 4.78 is 44.7. The van der Waals surface area contributed by atoms with Crippen LogP contribution < -0.4 is 15.4 Å². The van der Waals surface area contributed by atoms with Gasteiger partial charge in [0.05, 0.1) is 5.69 Å². The van der Waals surface area contributed by atoms with E-state index in [0.29, 0.717) is 24.2 Å². The van der Waals surface area contributed by atoms with Crippen LogP contribution in [-0.4, -0.2) is 56.4 Å². The summed E-state index contributed by atoms with van der Waals surface area (Å²) in [6.45, 7) is 2.62. The quantitative estimate of drug-likeness (QED) is 0.342. The van der Waals surface area contributed by atoms with Crippen LogP contribution in [0.25, 0.3) is 10.8 Å². The number of nitrogens with zero attached hydrogens (tertiary/aromatic N) is 4. The van der Waals surface area contributed by atoms with Crippen molar-refractivity contribution in [2.75, 3.05) is 43.0 Å². The Morgan fingerprint density at radius 1 is 0.900 bits per heavy atom. The highest BCUT2D eigenvalue weighted by molar-refractivity contribution is 7.89. The zero-order chi connectivity index (χ0) is 28.4. The molecule has 208 valence electrons. The molecule has 1 aliphatic rings. The molecule has 2 heterocycles. The molecule has 0 aliphatic carbocycles. The Hall–Kier alpha value is -4.02. The highest BCUT2D eigenvalue weighted by atomic mass is 32.2. The number of aryl methyl sites for hydroxylation is 1. The number of fused-ring (bicyclic) bond motifs is 1. The summed E-state index contributed by atoms with van der Waals surface area (Å²) in [5.74, 6) is -0.701. The molecule has 0 atom stereocenters. The Kier molecular flexibility index (Phi) is 7.73.